The van der Waals surface area contributed by atoms with Crippen molar-refractivity contribution in [2.75, 3.05) is 26.8 Å². The highest BCUT2D eigenvalue weighted by atomic mass is 16.5. The predicted octanol–water partition coefficient (Wildman–Crippen LogP) is 3.42. The van der Waals surface area contributed by atoms with E-state index >= 15 is 0 Å². The topological polar surface area (TPSA) is 80.8 Å². The predicted molar refractivity (Wildman–Crippen MR) is 98.0 cm³/mol. The molecule has 0 amide bonds. The Bertz CT molecular complexity index is 860. The van der Waals surface area contributed by atoms with Gasteiger partial charge in [0.05, 0.1) is 38.1 Å². The summed E-state index contributed by atoms with van der Waals surface area (Å²) < 4.78 is 16.1. The molecule has 0 saturated heterocycles. The van der Waals surface area contributed by atoms with Crippen molar-refractivity contribution in [3.8, 4) is 17.2 Å². The zero-order valence-corrected chi connectivity index (χ0v) is 14.6. The number of nitrogens with zero attached hydrogens (tertiary/aromatic N) is 2. The van der Waals surface area contributed by atoms with Crippen molar-refractivity contribution >= 4 is 22.7 Å². The Balaban J connectivity index is 1.88. The van der Waals surface area contributed by atoms with Gasteiger partial charge in [0.25, 0.3) is 0 Å². The van der Waals surface area contributed by atoms with Crippen LogP contribution >= 0.6 is 0 Å². The van der Waals surface area contributed by atoms with E-state index in [4.69, 9.17) is 14.2 Å². The number of benzene rings is 2. The molecule has 0 aliphatic carbocycles. The summed E-state index contributed by atoms with van der Waals surface area (Å²) in [5.41, 5.74) is 6.37. The summed E-state index contributed by atoms with van der Waals surface area (Å²) in [6, 6.07) is 11.5. The average Bonchev–Trinajstić information content (AvgIpc) is 3.07. The largest absolute Gasteiger partial charge is 0.493 e. The number of para-hydroxylation sites is 2. The Hall–Kier alpha value is -3.22. The second kappa shape index (κ2) is 7.12. The Kier molecular flexibility index (Phi) is 4.74. The number of H-pyrrole nitrogens is 1. The number of ether oxygens (including phenoxy) is 3. The maximum atomic E-state index is 5.37. The van der Waals surface area contributed by atoms with Gasteiger partial charge in [0.2, 0.25) is 11.7 Å². The zero-order valence-electron chi connectivity index (χ0n) is 14.6. The summed E-state index contributed by atoms with van der Waals surface area (Å²) in [6.45, 7) is 1.89. The summed E-state index contributed by atoms with van der Waals surface area (Å²) in [5, 5.41) is 4.39. The highest BCUT2D eigenvalue weighted by molar-refractivity contribution is 6.00. The van der Waals surface area contributed by atoms with Crippen LogP contribution in [-0.4, -0.2) is 37.0 Å². The fourth-order valence-electron chi connectivity index (χ4n) is 2.50. The van der Waals surface area contributed by atoms with Gasteiger partial charge in [0.1, 0.15) is 0 Å². The highest BCUT2D eigenvalue weighted by Crippen LogP contribution is 2.38. The molecule has 0 spiro atoms. The van der Waals surface area contributed by atoms with Crippen LogP contribution in [-0.2, 0) is 0 Å². The molecule has 0 aliphatic heterocycles. The monoisotopic (exact) mass is 340 g/mol. The number of hydrazone groups is 1. The average molecular weight is 340 g/mol. The smallest absolute Gasteiger partial charge is 0.222 e. The highest BCUT2D eigenvalue weighted by Gasteiger charge is 2.14. The fraction of sp³-hybridized carbons (Fsp3) is 0.222. The van der Waals surface area contributed by atoms with Gasteiger partial charge in [0.15, 0.2) is 11.5 Å². The quantitative estimate of drug-likeness (QED) is 0.531. The van der Waals surface area contributed by atoms with Gasteiger partial charge in [-0.05, 0) is 31.2 Å². The van der Waals surface area contributed by atoms with Gasteiger partial charge < -0.3 is 19.2 Å². The third-order valence-electron chi connectivity index (χ3n) is 3.80. The lowest BCUT2D eigenvalue weighted by Gasteiger charge is -2.14. The molecule has 2 aromatic carbocycles. The van der Waals surface area contributed by atoms with Gasteiger partial charge in [-0.2, -0.15) is 5.10 Å². The Labute approximate surface area is 145 Å². The molecule has 0 aliphatic rings. The maximum Gasteiger partial charge on any atom is 0.222 e. The summed E-state index contributed by atoms with van der Waals surface area (Å²) in [5.74, 6) is 2.28. The normalized spacial score (nSPS) is 11.4. The molecule has 1 aromatic heterocycles. The van der Waals surface area contributed by atoms with E-state index in [2.05, 4.69) is 20.5 Å². The lowest BCUT2D eigenvalue weighted by Crippen LogP contribution is -2.03. The number of nitrogens with one attached hydrogen (secondary N) is 2. The minimum atomic E-state index is 0.548. The van der Waals surface area contributed by atoms with Crippen molar-refractivity contribution in [2.45, 2.75) is 6.92 Å². The molecule has 0 unspecified atom stereocenters. The van der Waals surface area contributed by atoms with E-state index in [9.17, 15) is 0 Å². The first-order valence-electron chi connectivity index (χ1n) is 7.71. The summed E-state index contributed by atoms with van der Waals surface area (Å²) in [7, 11) is 4.74. The third-order valence-corrected chi connectivity index (χ3v) is 3.80. The first-order valence-corrected chi connectivity index (χ1v) is 7.71. The lowest BCUT2D eigenvalue weighted by atomic mass is 10.1. The van der Waals surface area contributed by atoms with Gasteiger partial charge >= 0.3 is 0 Å². The molecule has 130 valence electrons. The minimum Gasteiger partial charge on any atom is -0.493 e. The molecule has 2 N–H and O–H groups in total. The molecule has 7 nitrogen and oxygen atoms in total. The van der Waals surface area contributed by atoms with Gasteiger partial charge in [-0.25, -0.2) is 10.4 Å². The second-order valence-electron chi connectivity index (χ2n) is 5.33. The van der Waals surface area contributed by atoms with Gasteiger partial charge in [0, 0.05) is 5.56 Å². The van der Waals surface area contributed by atoms with Crippen molar-refractivity contribution in [3.63, 3.8) is 0 Å². The number of anilines is 1. The van der Waals surface area contributed by atoms with Crippen LogP contribution in [0.5, 0.6) is 17.2 Å². The molecule has 0 atom stereocenters. The number of hydrogen-bond donors (Lipinski definition) is 2. The number of fused-ring (bicyclic) bond motifs is 1. The van der Waals surface area contributed by atoms with Crippen LogP contribution in [0.15, 0.2) is 41.5 Å². The van der Waals surface area contributed by atoms with Crippen molar-refractivity contribution in [3.05, 3.63) is 42.0 Å². The number of methoxy groups -OCH3 is 3. The third kappa shape index (κ3) is 3.35. The second-order valence-corrected chi connectivity index (χ2v) is 5.33. The molecule has 0 bridgehead atoms. The molecule has 0 radical (unpaired) electrons. The first-order chi connectivity index (χ1) is 12.2. The van der Waals surface area contributed by atoms with E-state index in [-0.39, 0.29) is 0 Å². The van der Waals surface area contributed by atoms with E-state index < -0.39 is 0 Å². The summed E-state index contributed by atoms with van der Waals surface area (Å²) in [4.78, 5) is 7.60. The summed E-state index contributed by atoms with van der Waals surface area (Å²) in [6.07, 6.45) is 0. The van der Waals surface area contributed by atoms with Crippen LogP contribution in [0.1, 0.15) is 12.5 Å². The first kappa shape index (κ1) is 16.6. The Morgan fingerprint density at radius 3 is 2.32 bits per heavy atom. The van der Waals surface area contributed by atoms with Crippen molar-refractivity contribution in [1.29, 1.82) is 0 Å². The van der Waals surface area contributed by atoms with E-state index in [1.165, 1.54) is 0 Å². The number of imidazole rings is 1. The van der Waals surface area contributed by atoms with E-state index in [1.54, 1.807) is 21.3 Å². The molecule has 3 aromatic rings. The van der Waals surface area contributed by atoms with Gasteiger partial charge in [-0.15, -0.1) is 0 Å². The molecular formula is C18H20N4O3. The maximum absolute atomic E-state index is 5.37. The Morgan fingerprint density at radius 1 is 1.04 bits per heavy atom. The molecule has 7 heteroatoms. The minimum absolute atomic E-state index is 0.548. The molecule has 1 heterocycles. The van der Waals surface area contributed by atoms with Gasteiger partial charge in [-0.3, -0.25) is 0 Å². The van der Waals surface area contributed by atoms with Crippen LogP contribution in [0.2, 0.25) is 0 Å². The lowest BCUT2D eigenvalue weighted by molar-refractivity contribution is 0.324. The molecular weight excluding hydrogens is 320 g/mol. The van der Waals surface area contributed by atoms with Crippen molar-refractivity contribution in [1.82, 2.24) is 9.97 Å². The SMILES string of the molecule is COc1cc(/C(C)=N/Nc2nc3ccccc3[nH]2)cc(OC)c1OC. The molecule has 0 saturated carbocycles. The van der Waals surface area contributed by atoms with E-state index in [0.29, 0.717) is 23.2 Å². The van der Waals surface area contributed by atoms with E-state index in [1.807, 2.05) is 43.3 Å². The van der Waals surface area contributed by atoms with Crippen LogP contribution in [0, 0.1) is 0 Å². The standard InChI is InChI=1S/C18H20N4O3/c1-11(12-9-15(23-2)17(25-4)16(10-12)24-3)21-22-18-19-13-7-5-6-8-14(13)20-18/h5-10H,1-4H3,(H2,19,20,22)/b21-11+. The van der Waals surface area contributed by atoms with E-state index in [0.717, 1.165) is 22.3 Å². The van der Waals surface area contributed by atoms with Crippen molar-refractivity contribution in [2.24, 2.45) is 5.10 Å². The number of hydrogen-bond acceptors (Lipinski definition) is 6. The van der Waals surface area contributed by atoms with Crippen molar-refractivity contribution < 1.29 is 14.2 Å². The van der Waals surface area contributed by atoms with Crippen LogP contribution in [0.25, 0.3) is 11.0 Å². The summed E-state index contributed by atoms with van der Waals surface area (Å²) >= 11 is 0. The zero-order chi connectivity index (χ0) is 17.8. The fourth-order valence-corrected chi connectivity index (χ4v) is 2.50. The molecule has 25 heavy (non-hydrogen) atoms. The van der Waals surface area contributed by atoms with Gasteiger partial charge in [-0.1, -0.05) is 12.1 Å². The van der Waals surface area contributed by atoms with Crippen LogP contribution in [0.3, 0.4) is 0 Å². The Morgan fingerprint density at radius 2 is 1.72 bits per heavy atom. The van der Waals surface area contributed by atoms with Crippen LogP contribution in [0.4, 0.5) is 5.95 Å². The number of rotatable bonds is 6. The van der Waals surface area contributed by atoms with Crippen LogP contribution < -0.4 is 19.6 Å². The number of aromatic nitrogens is 2. The number of aromatic amines is 1. The molecule has 3 rings (SSSR count). The molecule has 0 fully saturated rings.